The molecule has 0 aliphatic carbocycles. The molecule has 0 spiro atoms. The minimum Gasteiger partial charge on any atom is -0.280 e. The third-order valence-electron chi connectivity index (χ3n) is 3.67. The fourth-order valence-electron chi connectivity index (χ4n) is 2.33. The maximum Gasteiger partial charge on any atom is 0.269 e. The number of nitrogens with zero attached hydrogens (tertiary/aromatic N) is 1. The number of nitro benzene ring substituents is 1. The van der Waals surface area contributed by atoms with Crippen molar-refractivity contribution in [3.8, 4) is 11.1 Å². The van der Waals surface area contributed by atoms with Crippen molar-refractivity contribution in [2.24, 2.45) is 0 Å². The molecule has 0 saturated heterocycles. The summed E-state index contributed by atoms with van der Waals surface area (Å²) >= 11 is 0. The molecule has 26 heavy (non-hydrogen) atoms. The van der Waals surface area contributed by atoms with Gasteiger partial charge in [0.05, 0.1) is 9.82 Å². The van der Waals surface area contributed by atoms with Crippen molar-refractivity contribution in [1.82, 2.24) is 0 Å². The first-order valence-electron chi connectivity index (χ1n) is 7.48. The number of hydrogen-bond acceptors (Lipinski definition) is 4. The second-order valence-corrected chi connectivity index (χ2v) is 7.12. The number of rotatable bonds is 5. The number of benzene rings is 3. The van der Waals surface area contributed by atoms with Crippen molar-refractivity contribution in [2.45, 2.75) is 4.90 Å². The molecule has 0 aromatic heterocycles. The number of anilines is 1. The molecule has 0 amide bonds. The molecular weight excluding hydrogens is 359 g/mol. The highest BCUT2D eigenvalue weighted by Gasteiger charge is 2.14. The van der Waals surface area contributed by atoms with Crippen molar-refractivity contribution in [3.63, 3.8) is 0 Å². The maximum absolute atomic E-state index is 12.9. The summed E-state index contributed by atoms with van der Waals surface area (Å²) in [5, 5.41) is 10.7. The minimum atomic E-state index is -3.81. The van der Waals surface area contributed by atoms with E-state index >= 15 is 0 Å². The summed E-state index contributed by atoms with van der Waals surface area (Å²) in [6.07, 6.45) is 0. The van der Waals surface area contributed by atoms with Crippen molar-refractivity contribution < 1.29 is 17.7 Å². The van der Waals surface area contributed by atoms with E-state index in [-0.39, 0.29) is 10.6 Å². The molecule has 1 N–H and O–H groups in total. The van der Waals surface area contributed by atoms with Crippen LogP contribution in [0.1, 0.15) is 0 Å². The van der Waals surface area contributed by atoms with Crippen LogP contribution in [0.25, 0.3) is 11.1 Å². The molecule has 0 fully saturated rings. The monoisotopic (exact) mass is 372 g/mol. The summed E-state index contributed by atoms with van der Waals surface area (Å²) in [5.74, 6) is -0.517. The predicted octanol–water partition coefficient (Wildman–Crippen LogP) is 4.20. The molecule has 3 aromatic rings. The molecular formula is C18H13FN2O4S. The van der Waals surface area contributed by atoms with E-state index in [1.54, 1.807) is 36.4 Å². The van der Waals surface area contributed by atoms with Crippen LogP contribution in [0.2, 0.25) is 0 Å². The van der Waals surface area contributed by atoms with Gasteiger partial charge >= 0.3 is 0 Å². The van der Waals surface area contributed by atoms with E-state index in [0.29, 0.717) is 5.69 Å². The van der Waals surface area contributed by atoms with Crippen LogP contribution in [-0.2, 0) is 10.0 Å². The molecule has 0 unspecified atom stereocenters. The quantitative estimate of drug-likeness (QED) is 0.537. The lowest BCUT2D eigenvalue weighted by molar-refractivity contribution is -0.384. The fraction of sp³-hybridized carbons (Fsp3) is 0. The van der Waals surface area contributed by atoms with Crippen LogP contribution in [0, 0.1) is 15.9 Å². The number of halogens is 1. The number of sulfonamides is 1. The van der Waals surface area contributed by atoms with Crippen LogP contribution >= 0.6 is 0 Å². The Hall–Kier alpha value is -3.26. The van der Waals surface area contributed by atoms with Crippen molar-refractivity contribution in [2.75, 3.05) is 4.72 Å². The Morgan fingerprint density at radius 2 is 1.31 bits per heavy atom. The number of hydrogen-bond donors (Lipinski definition) is 1. The zero-order valence-corrected chi connectivity index (χ0v) is 14.1. The molecule has 0 aliphatic heterocycles. The molecule has 8 heteroatoms. The van der Waals surface area contributed by atoms with Gasteiger partial charge in [-0.15, -0.1) is 0 Å². The molecule has 0 radical (unpaired) electrons. The van der Waals surface area contributed by atoms with E-state index in [0.717, 1.165) is 23.3 Å². The van der Waals surface area contributed by atoms with Gasteiger partial charge in [-0.05, 0) is 59.7 Å². The lowest BCUT2D eigenvalue weighted by atomic mass is 10.1. The number of non-ortho nitro benzene ring substituents is 1. The third kappa shape index (κ3) is 3.86. The topological polar surface area (TPSA) is 89.3 Å². The summed E-state index contributed by atoms with van der Waals surface area (Å²) in [7, 11) is -3.81. The Balaban J connectivity index is 1.79. The van der Waals surface area contributed by atoms with E-state index in [9.17, 15) is 22.9 Å². The highest BCUT2D eigenvalue weighted by atomic mass is 32.2. The van der Waals surface area contributed by atoms with Crippen LogP contribution in [0.3, 0.4) is 0 Å². The summed E-state index contributed by atoms with van der Waals surface area (Å²) in [6.45, 7) is 0. The summed E-state index contributed by atoms with van der Waals surface area (Å²) in [4.78, 5) is 10.2. The van der Waals surface area contributed by atoms with Crippen molar-refractivity contribution in [1.29, 1.82) is 0 Å². The Labute approximate surface area is 149 Å². The second-order valence-electron chi connectivity index (χ2n) is 5.44. The van der Waals surface area contributed by atoms with Crippen molar-refractivity contribution >= 4 is 21.4 Å². The van der Waals surface area contributed by atoms with Crippen molar-refractivity contribution in [3.05, 3.63) is 88.7 Å². The molecule has 3 aromatic carbocycles. The summed E-state index contributed by atoms with van der Waals surface area (Å²) < 4.78 is 39.9. The van der Waals surface area contributed by atoms with Gasteiger partial charge in [-0.3, -0.25) is 14.8 Å². The lowest BCUT2D eigenvalue weighted by Crippen LogP contribution is -2.12. The zero-order valence-electron chi connectivity index (χ0n) is 13.3. The van der Waals surface area contributed by atoms with Gasteiger partial charge in [0.2, 0.25) is 0 Å². The first kappa shape index (κ1) is 17.6. The minimum absolute atomic E-state index is 0.00238. The van der Waals surface area contributed by atoms with Gasteiger partial charge in [0.15, 0.2) is 0 Å². The van der Waals surface area contributed by atoms with E-state index in [4.69, 9.17) is 0 Å². The number of nitrogens with one attached hydrogen (secondary N) is 1. The molecule has 0 atom stereocenters. The molecule has 0 bridgehead atoms. The first-order valence-corrected chi connectivity index (χ1v) is 8.97. The standard InChI is InChI=1S/C18H13FN2O4S/c19-15-5-11-18(12-6-15)26(24,25)20-16-7-1-13(2-8-16)14-3-9-17(10-4-14)21(22)23/h1-12,20H. The zero-order chi connectivity index (χ0) is 18.7. The Bertz CT molecular complexity index is 1030. The molecule has 132 valence electrons. The average molecular weight is 372 g/mol. The summed E-state index contributed by atoms with van der Waals surface area (Å²) in [6, 6.07) is 17.1. The van der Waals surface area contributed by atoms with E-state index in [1.807, 2.05) is 0 Å². The van der Waals surface area contributed by atoms with Crippen LogP contribution in [-0.4, -0.2) is 13.3 Å². The van der Waals surface area contributed by atoms with E-state index in [1.165, 1.54) is 24.3 Å². The van der Waals surface area contributed by atoms with Crippen LogP contribution in [0.15, 0.2) is 77.7 Å². The molecule has 0 heterocycles. The smallest absolute Gasteiger partial charge is 0.269 e. The Kier molecular flexibility index (Phi) is 4.68. The average Bonchev–Trinajstić information content (AvgIpc) is 2.62. The van der Waals surface area contributed by atoms with Gasteiger partial charge in [-0.25, -0.2) is 12.8 Å². The third-order valence-corrected chi connectivity index (χ3v) is 5.07. The molecule has 0 saturated carbocycles. The van der Waals surface area contributed by atoms with E-state index in [2.05, 4.69) is 4.72 Å². The van der Waals surface area contributed by atoms with Gasteiger partial charge in [0.25, 0.3) is 15.7 Å². The lowest BCUT2D eigenvalue weighted by Gasteiger charge is -2.09. The molecule has 0 aliphatic rings. The largest absolute Gasteiger partial charge is 0.280 e. The highest BCUT2D eigenvalue weighted by Crippen LogP contribution is 2.25. The van der Waals surface area contributed by atoms with Crippen LogP contribution < -0.4 is 4.72 Å². The van der Waals surface area contributed by atoms with Gasteiger partial charge in [0.1, 0.15) is 5.82 Å². The van der Waals surface area contributed by atoms with Gasteiger partial charge in [-0.1, -0.05) is 12.1 Å². The van der Waals surface area contributed by atoms with Crippen LogP contribution in [0.5, 0.6) is 0 Å². The predicted molar refractivity (Wildman–Crippen MR) is 95.7 cm³/mol. The van der Waals surface area contributed by atoms with Gasteiger partial charge in [0, 0.05) is 17.8 Å². The number of nitro groups is 1. The maximum atomic E-state index is 12.9. The Morgan fingerprint density at radius 1 is 0.808 bits per heavy atom. The summed E-state index contributed by atoms with van der Waals surface area (Å²) in [5.41, 5.74) is 1.89. The highest BCUT2D eigenvalue weighted by molar-refractivity contribution is 7.92. The molecule has 6 nitrogen and oxygen atoms in total. The molecule has 3 rings (SSSR count). The van der Waals surface area contributed by atoms with Gasteiger partial charge < -0.3 is 0 Å². The SMILES string of the molecule is O=[N+]([O-])c1ccc(-c2ccc(NS(=O)(=O)c3ccc(F)cc3)cc2)cc1. The first-order chi connectivity index (χ1) is 12.3. The van der Waals surface area contributed by atoms with E-state index < -0.39 is 20.8 Å². The fourth-order valence-corrected chi connectivity index (χ4v) is 3.39. The normalized spacial score (nSPS) is 11.1. The Morgan fingerprint density at radius 3 is 1.81 bits per heavy atom. The van der Waals surface area contributed by atoms with Crippen LogP contribution in [0.4, 0.5) is 15.8 Å². The second kappa shape index (κ2) is 6.93. The van der Waals surface area contributed by atoms with Gasteiger partial charge in [-0.2, -0.15) is 0 Å².